The number of hydrogen-bond donors (Lipinski definition) is 3. The standard InChI is InChI=1S/C20H22ClN5O2.2ClH/c1-25(2)11-12-4-6-13(7-5-12)28-17-9-8-15(21)14-10-16(24-18(14)17)19(27)26(3)20(22)23;;/h4-10,24H,11H2,1-3H3,(H3,22,23);2*1H. The number of guanidine groups is 1. The third-order valence-electron chi connectivity index (χ3n) is 4.25. The Morgan fingerprint density at radius 3 is 2.33 bits per heavy atom. The van der Waals surface area contributed by atoms with Gasteiger partial charge >= 0.3 is 0 Å². The van der Waals surface area contributed by atoms with Gasteiger partial charge in [0.2, 0.25) is 0 Å². The molecule has 0 fully saturated rings. The molecule has 1 aromatic heterocycles. The summed E-state index contributed by atoms with van der Waals surface area (Å²) in [7, 11) is 5.47. The van der Waals surface area contributed by atoms with Crippen LogP contribution >= 0.6 is 36.4 Å². The first-order valence-electron chi connectivity index (χ1n) is 8.61. The van der Waals surface area contributed by atoms with Crippen molar-refractivity contribution in [3.63, 3.8) is 0 Å². The molecule has 3 rings (SSSR count). The molecule has 162 valence electrons. The van der Waals surface area contributed by atoms with Gasteiger partial charge in [0.1, 0.15) is 11.4 Å². The number of benzene rings is 2. The normalized spacial score (nSPS) is 10.3. The Morgan fingerprint density at radius 1 is 1.13 bits per heavy atom. The number of carbonyl (C=O) groups excluding carboxylic acids is 1. The fourth-order valence-electron chi connectivity index (χ4n) is 2.80. The highest BCUT2D eigenvalue weighted by Crippen LogP contribution is 2.34. The smallest absolute Gasteiger partial charge is 0.276 e. The van der Waals surface area contributed by atoms with Crippen LogP contribution in [-0.2, 0) is 6.54 Å². The molecule has 0 aliphatic carbocycles. The Morgan fingerprint density at radius 2 is 1.77 bits per heavy atom. The number of nitrogens with two attached hydrogens (primary N) is 1. The maximum atomic E-state index is 12.4. The third kappa shape index (κ3) is 5.58. The van der Waals surface area contributed by atoms with Gasteiger partial charge in [-0.25, -0.2) is 0 Å². The van der Waals surface area contributed by atoms with E-state index in [2.05, 4.69) is 9.88 Å². The molecule has 2 aromatic carbocycles. The van der Waals surface area contributed by atoms with Crippen molar-refractivity contribution >= 4 is 59.2 Å². The first kappa shape index (κ1) is 25.6. The van der Waals surface area contributed by atoms with Gasteiger partial charge in [-0.3, -0.25) is 15.1 Å². The van der Waals surface area contributed by atoms with Crippen LogP contribution in [0.2, 0.25) is 5.02 Å². The number of nitrogens with one attached hydrogen (secondary N) is 2. The van der Waals surface area contributed by atoms with Crippen molar-refractivity contribution in [2.45, 2.75) is 6.54 Å². The fourth-order valence-corrected chi connectivity index (χ4v) is 3.02. The minimum Gasteiger partial charge on any atom is -0.455 e. The molecule has 10 heteroatoms. The molecular formula is C20H24Cl3N5O2. The van der Waals surface area contributed by atoms with Crippen LogP contribution in [-0.4, -0.2) is 47.8 Å². The van der Waals surface area contributed by atoms with Crippen LogP contribution in [0.4, 0.5) is 0 Å². The molecule has 1 amide bonds. The van der Waals surface area contributed by atoms with Gasteiger partial charge in [0.15, 0.2) is 11.7 Å². The number of rotatable bonds is 5. The second-order valence-electron chi connectivity index (χ2n) is 6.75. The van der Waals surface area contributed by atoms with Crippen LogP contribution in [0.5, 0.6) is 11.5 Å². The average molecular weight is 473 g/mol. The predicted molar refractivity (Wildman–Crippen MR) is 126 cm³/mol. The minimum absolute atomic E-state index is 0. The molecule has 0 aliphatic rings. The summed E-state index contributed by atoms with van der Waals surface area (Å²) in [6.45, 7) is 0.844. The number of carbonyl (C=O) groups is 1. The zero-order valence-electron chi connectivity index (χ0n) is 16.7. The molecule has 7 nitrogen and oxygen atoms in total. The second kappa shape index (κ2) is 10.5. The highest BCUT2D eigenvalue weighted by atomic mass is 35.5. The van der Waals surface area contributed by atoms with E-state index in [0.29, 0.717) is 27.4 Å². The summed E-state index contributed by atoms with van der Waals surface area (Å²) in [6, 6.07) is 12.9. The van der Waals surface area contributed by atoms with Crippen molar-refractivity contribution < 1.29 is 9.53 Å². The van der Waals surface area contributed by atoms with Gasteiger partial charge in [-0.1, -0.05) is 23.7 Å². The van der Waals surface area contributed by atoms with E-state index in [9.17, 15) is 4.79 Å². The number of nitrogens with zero attached hydrogens (tertiary/aromatic N) is 2. The molecule has 0 saturated heterocycles. The summed E-state index contributed by atoms with van der Waals surface area (Å²) < 4.78 is 6.01. The second-order valence-corrected chi connectivity index (χ2v) is 7.16. The summed E-state index contributed by atoms with van der Waals surface area (Å²) in [5.41, 5.74) is 7.45. The number of H-pyrrole nitrogens is 1. The summed E-state index contributed by atoms with van der Waals surface area (Å²) in [4.78, 5) is 18.6. The molecule has 4 N–H and O–H groups in total. The molecule has 0 bridgehead atoms. The largest absolute Gasteiger partial charge is 0.455 e. The highest BCUT2D eigenvalue weighted by Gasteiger charge is 2.19. The van der Waals surface area contributed by atoms with Crippen LogP contribution in [0.25, 0.3) is 10.9 Å². The van der Waals surface area contributed by atoms with Gasteiger partial charge in [0.25, 0.3) is 5.91 Å². The molecule has 0 spiro atoms. The van der Waals surface area contributed by atoms with Crippen LogP contribution in [0, 0.1) is 5.41 Å². The number of halogens is 3. The van der Waals surface area contributed by atoms with E-state index < -0.39 is 5.91 Å². The van der Waals surface area contributed by atoms with Gasteiger partial charge in [0.05, 0.1) is 10.5 Å². The molecule has 1 heterocycles. The summed E-state index contributed by atoms with van der Waals surface area (Å²) in [5, 5.41) is 8.57. The Bertz CT molecular complexity index is 1030. The van der Waals surface area contributed by atoms with E-state index in [1.165, 1.54) is 12.6 Å². The fraction of sp³-hybridized carbons (Fsp3) is 0.200. The third-order valence-corrected chi connectivity index (χ3v) is 4.58. The van der Waals surface area contributed by atoms with Crippen LogP contribution in [0.15, 0.2) is 42.5 Å². The van der Waals surface area contributed by atoms with Crippen LogP contribution < -0.4 is 10.5 Å². The van der Waals surface area contributed by atoms with Gasteiger partial charge in [-0.2, -0.15) is 0 Å². The minimum atomic E-state index is -0.432. The maximum Gasteiger partial charge on any atom is 0.276 e. The maximum absolute atomic E-state index is 12.4. The number of aromatic nitrogens is 1. The van der Waals surface area contributed by atoms with Crippen molar-refractivity contribution in [2.24, 2.45) is 5.73 Å². The molecule has 3 aromatic rings. The molecule has 0 radical (unpaired) electrons. The van der Waals surface area contributed by atoms with E-state index in [1.807, 2.05) is 38.4 Å². The zero-order chi connectivity index (χ0) is 20.4. The van der Waals surface area contributed by atoms with Gasteiger partial charge < -0.3 is 20.4 Å². The SMILES string of the molecule is CN(C)Cc1ccc(Oc2ccc(Cl)c3cc(C(=O)N(C)C(=N)N)[nH]c23)cc1.Cl.Cl. The lowest BCUT2D eigenvalue weighted by molar-refractivity contribution is 0.0864. The number of ether oxygens (including phenoxy) is 1. The molecule has 0 saturated carbocycles. The monoisotopic (exact) mass is 471 g/mol. The number of aromatic amines is 1. The Labute approximate surface area is 192 Å². The first-order chi connectivity index (χ1) is 13.3. The van der Waals surface area contributed by atoms with Crippen molar-refractivity contribution in [1.82, 2.24) is 14.8 Å². The van der Waals surface area contributed by atoms with Crippen LogP contribution in [0.1, 0.15) is 16.1 Å². The number of amides is 1. The van der Waals surface area contributed by atoms with E-state index in [1.54, 1.807) is 18.2 Å². The Balaban J connectivity index is 0.00000225. The Hall–Kier alpha value is -2.45. The van der Waals surface area contributed by atoms with E-state index in [0.717, 1.165) is 11.4 Å². The summed E-state index contributed by atoms with van der Waals surface area (Å²) in [6.07, 6.45) is 0. The van der Waals surface area contributed by atoms with Gasteiger partial charge in [-0.05, 0) is 50.0 Å². The molecule has 0 atom stereocenters. The lowest BCUT2D eigenvalue weighted by Gasteiger charge is -2.13. The molecular weight excluding hydrogens is 449 g/mol. The van der Waals surface area contributed by atoms with Crippen molar-refractivity contribution in [3.8, 4) is 11.5 Å². The molecule has 0 unspecified atom stereocenters. The Kier molecular flexibility index (Phi) is 8.99. The van der Waals surface area contributed by atoms with E-state index in [-0.39, 0.29) is 36.5 Å². The average Bonchev–Trinajstić information content (AvgIpc) is 3.10. The van der Waals surface area contributed by atoms with E-state index in [4.69, 9.17) is 27.5 Å². The number of fused-ring (bicyclic) bond motifs is 1. The van der Waals surface area contributed by atoms with Crippen LogP contribution in [0.3, 0.4) is 0 Å². The first-order valence-corrected chi connectivity index (χ1v) is 8.99. The quantitative estimate of drug-likeness (QED) is 0.376. The van der Waals surface area contributed by atoms with Crippen molar-refractivity contribution in [1.29, 1.82) is 5.41 Å². The molecule has 30 heavy (non-hydrogen) atoms. The predicted octanol–water partition coefficient (Wildman–Crippen LogP) is 4.48. The summed E-state index contributed by atoms with van der Waals surface area (Å²) in [5.74, 6) is 0.446. The van der Waals surface area contributed by atoms with E-state index >= 15 is 0 Å². The van der Waals surface area contributed by atoms with Crippen molar-refractivity contribution in [2.75, 3.05) is 21.1 Å². The van der Waals surface area contributed by atoms with Gasteiger partial charge in [-0.15, -0.1) is 24.8 Å². The zero-order valence-corrected chi connectivity index (χ0v) is 19.1. The lowest BCUT2D eigenvalue weighted by Crippen LogP contribution is -2.38. The topological polar surface area (TPSA) is 98.4 Å². The lowest BCUT2D eigenvalue weighted by atomic mass is 10.2. The summed E-state index contributed by atoms with van der Waals surface area (Å²) >= 11 is 6.29. The van der Waals surface area contributed by atoms with Gasteiger partial charge in [0, 0.05) is 19.0 Å². The number of hydrogen-bond acceptors (Lipinski definition) is 4. The van der Waals surface area contributed by atoms with Crippen molar-refractivity contribution in [3.05, 3.63) is 58.7 Å². The highest BCUT2D eigenvalue weighted by molar-refractivity contribution is 6.36. The molecule has 0 aliphatic heterocycles.